The van der Waals surface area contributed by atoms with E-state index in [-0.39, 0.29) is 6.42 Å². The molecule has 0 unspecified atom stereocenters. The molecule has 0 aliphatic heterocycles. The maximum absolute atomic E-state index is 11.0. The third kappa shape index (κ3) is 4.01. The first-order chi connectivity index (χ1) is 11.7. The van der Waals surface area contributed by atoms with E-state index in [1.54, 1.807) is 12.2 Å². The fourth-order valence-electron chi connectivity index (χ4n) is 2.46. The van der Waals surface area contributed by atoms with Crippen LogP contribution in [0.1, 0.15) is 12.2 Å². The topological polar surface area (TPSA) is 63.8 Å². The van der Waals surface area contributed by atoms with Gasteiger partial charge in [0.05, 0.1) is 19.2 Å². The summed E-state index contributed by atoms with van der Waals surface area (Å²) in [5, 5.41) is 4.73. The maximum atomic E-state index is 11.0. The van der Waals surface area contributed by atoms with E-state index in [4.69, 9.17) is 9.15 Å². The van der Waals surface area contributed by atoms with Crippen LogP contribution in [0.3, 0.4) is 0 Å². The number of hydrazone groups is 1. The van der Waals surface area contributed by atoms with Crippen molar-refractivity contribution in [1.82, 2.24) is 5.43 Å². The van der Waals surface area contributed by atoms with Crippen molar-refractivity contribution in [1.29, 1.82) is 0 Å². The normalized spacial score (nSPS) is 12.5. The van der Waals surface area contributed by atoms with Gasteiger partial charge >= 0.3 is 0 Å². The number of aldehydes is 1. The Morgan fingerprint density at radius 3 is 2.83 bits per heavy atom. The first-order valence-electron chi connectivity index (χ1n) is 7.45. The van der Waals surface area contributed by atoms with Gasteiger partial charge < -0.3 is 13.9 Å². The van der Waals surface area contributed by atoms with Crippen LogP contribution < -0.4 is 5.43 Å². The second kappa shape index (κ2) is 8.53. The summed E-state index contributed by atoms with van der Waals surface area (Å²) < 4.78 is 11.3. The number of nitrogens with zero attached hydrogens (tertiary/aromatic N) is 1. The number of fused-ring (bicyclic) bond motifs is 1. The molecular weight excluding hydrogens is 304 g/mol. The predicted octanol–water partition coefficient (Wildman–Crippen LogP) is 3.74. The number of furan rings is 1. The van der Waals surface area contributed by atoms with Crippen molar-refractivity contribution in [3.8, 4) is 0 Å². The van der Waals surface area contributed by atoms with E-state index in [2.05, 4.69) is 23.8 Å². The molecule has 0 saturated heterocycles. The van der Waals surface area contributed by atoms with Gasteiger partial charge in [-0.3, -0.25) is 5.43 Å². The molecule has 2 aromatic rings. The third-order valence-corrected chi connectivity index (χ3v) is 3.49. The summed E-state index contributed by atoms with van der Waals surface area (Å²) in [5.74, 6) is 1.29. The maximum Gasteiger partial charge on any atom is 0.134 e. The number of rotatable bonds is 9. The molecule has 5 nitrogen and oxygen atoms in total. The molecule has 1 aromatic heterocycles. The van der Waals surface area contributed by atoms with Crippen LogP contribution in [-0.4, -0.2) is 20.1 Å². The number of ether oxygens (including phenoxy) is 1. The Bertz CT molecular complexity index is 767. The fraction of sp³-hybridized carbons (Fsp3) is 0.158. The Hall–Kier alpha value is -3.08. The first-order valence-corrected chi connectivity index (χ1v) is 7.45. The summed E-state index contributed by atoms with van der Waals surface area (Å²) in [7, 11) is 1.53. The summed E-state index contributed by atoms with van der Waals surface area (Å²) >= 11 is 0. The third-order valence-electron chi connectivity index (χ3n) is 3.49. The van der Waals surface area contributed by atoms with Gasteiger partial charge in [-0.2, -0.15) is 5.10 Å². The summed E-state index contributed by atoms with van der Waals surface area (Å²) in [5.41, 5.74) is 5.04. The Labute approximate surface area is 141 Å². The molecule has 1 heterocycles. The van der Waals surface area contributed by atoms with E-state index in [9.17, 15) is 4.79 Å². The lowest BCUT2D eigenvalue weighted by molar-refractivity contribution is -0.107. The number of para-hydroxylation sites is 1. The van der Waals surface area contributed by atoms with Crippen LogP contribution in [0.25, 0.3) is 11.0 Å². The van der Waals surface area contributed by atoms with Gasteiger partial charge in [-0.1, -0.05) is 30.9 Å². The Morgan fingerprint density at radius 2 is 2.21 bits per heavy atom. The molecule has 0 aliphatic rings. The number of hydrogen-bond acceptors (Lipinski definition) is 5. The molecule has 0 radical (unpaired) electrons. The van der Waals surface area contributed by atoms with Crippen LogP contribution in [0.15, 0.2) is 75.6 Å². The van der Waals surface area contributed by atoms with E-state index in [0.717, 1.165) is 28.6 Å². The van der Waals surface area contributed by atoms with Crippen molar-refractivity contribution in [2.45, 2.75) is 12.8 Å². The molecule has 1 N–H and O–H groups in total. The second-order valence-electron chi connectivity index (χ2n) is 4.99. The molecule has 0 spiro atoms. The van der Waals surface area contributed by atoms with Crippen LogP contribution in [0.5, 0.6) is 0 Å². The Balaban J connectivity index is 2.48. The lowest BCUT2D eigenvalue weighted by Crippen LogP contribution is -2.12. The molecule has 5 heteroatoms. The van der Waals surface area contributed by atoms with E-state index < -0.39 is 0 Å². The highest BCUT2D eigenvalue weighted by molar-refractivity contribution is 5.77. The molecule has 124 valence electrons. The van der Waals surface area contributed by atoms with Crippen LogP contribution in [0, 0.1) is 0 Å². The Kier molecular flexibility index (Phi) is 6.14. The van der Waals surface area contributed by atoms with Crippen molar-refractivity contribution in [3.05, 3.63) is 71.9 Å². The number of carbonyl (C=O) groups is 1. The van der Waals surface area contributed by atoms with Crippen LogP contribution in [-0.2, 0) is 16.0 Å². The van der Waals surface area contributed by atoms with Gasteiger partial charge in [0.2, 0.25) is 0 Å². The zero-order valence-corrected chi connectivity index (χ0v) is 13.6. The Morgan fingerprint density at radius 1 is 1.42 bits per heavy atom. The minimum atomic E-state index is 0.152. The molecular formula is C19H20N2O3. The molecule has 0 saturated carbocycles. The van der Waals surface area contributed by atoms with Gasteiger partial charge in [0, 0.05) is 24.1 Å². The zero-order valence-electron chi connectivity index (χ0n) is 13.6. The quantitative estimate of drug-likeness (QED) is 0.251. The first kappa shape index (κ1) is 17.3. The van der Waals surface area contributed by atoms with Crippen LogP contribution in [0.4, 0.5) is 0 Å². The largest absolute Gasteiger partial charge is 0.500 e. The SMILES string of the molecule is C=C/C=C(NN=C)\C(Cc1cc2ccccc2o1)=C(/CC=O)OC. The average Bonchev–Trinajstić information content (AvgIpc) is 3.00. The summed E-state index contributed by atoms with van der Waals surface area (Å²) in [6.07, 6.45) is 4.76. The molecule has 2 rings (SSSR count). The number of benzene rings is 1. The summed E-state index contributed by atoms with van der Waals surface area (Å²) in [6.45, 7) is 7.15. The number of allylic oxidation sites excluding steroid dienone is 4. The molecule has 0 amide bonds. The van der Waals surface area contributed by atoms with Gasteiger partial charge in [0.1, 0.15) is 23.4 Å². The molecule has 0 fully saturated rings. The summed E-state index contributed by atoms with van der Waals surface area (Å²) in [6, 6.07) is 9.74. The molecule has 0 atom stereocenters. The van der Waals surface area contributed by atoms with Crippen molar-refractivity contribution in [2.75, 3.05) is 7.11 Å². The highest BCUT2D eigenvalue weighted by atomic mass is 16.5. The lowest BCUT2D eigenvalue weighted by atomic mass is 10.0. The highest BCUT2D eigenvalue weighted by Crippen LogP contribution is 2.25. The fourth-order valence-corrected chi connectivity index (χ4v) is 2.46. The van der Waals surface area contributed by atoms with Crippen LogP contribution in [0.2, 0.25) is 0 Å². The standard InChI is InChI=1S/C19H20N2O3/c1-4-7-17(21-20-2)16(19(23-3)10-11-22)13-15-12-14-8-5-6-9-18(14)24-15/h4-9,11-12,21H,1-2,10,13H2,3H3/b17-7+,19-16+. The van der Waals surface area contributed by atoms with Crippen molar-refractivity contribution >= 4 is 24.0 Å². The molecule has 1 aromatic carbocycles. The van der Waals surface area contributed by atoms with Crippen molar-refractivity contribution < 1.29 is 13.9 Å². The molecule has 24 heavy (non-hydrogen) atoms. The lowest BCUT2D eigenvalue weighted by Gasteiger charge is -2.15. The highest BCUT2D eigenvalue weighted by Gasteiger charge is 2.16. The molecule has 0 aliphatic carbocycles. The van der Waals surface area contributed by atoms with Crippen molar-refractivity contribution in [2.24, 2.45) is 5.10 Å². The van der Waals surface area contributed by atoms with Gasteiger partial charge in [-0.25, -0.2) is 0 Å². The minimum absolute atomic E-state index is 0.152. The van der Waals surface area contributed by atoms with Crippen LogP contribution >= 0.6 is 0 Å². The van der Waals surface area contributed by atoms with Gasteiger partial charge in [0.25, 0.3) is 0 Å². The second-order valence-corrected chi connectivity index (χ2v) is 4.99. The monoisotopic (exact) mass is 324 g/mol. The minimum Gasteiger partial charge on any atom is -0.500 e. The number of methoxy groups -OCH3 is 1. The van der Waals surface area contributed by atoms with E-state index >= 15 is 0 Å². The van der Waals surface area contributed by atoms with E-state index in [1.807, 2.05) is 30.3 Å². The predicted molar refractivity (Wildman–Crippen MR) is 95.6 cm³/mol. The molecule has 0 bridgehead atoms. The van der Waals surface area contributed by atoms with Gasteiger partial charge in [0.15, 0.2) is 0 Å². The van der Waals surface area contributed by atoms with E-state index in [1.165, 1.54) is 7.11 Å². The number of nitrogens with one attached hydrogen (secondary N) is 1. The van der Waals surface area contributed by atoms with E-state index in [0.29, 0.717) is 17.9 Å². The zero-order chi connectivity index (χ0) is 17.4. The number of hydrogen-bond donors (Lipinski definition) is 1. The average molecular weight is 324 g/mol. The van der Waals surface area contributed by atoms with Gasteiger partial charge in [-0.15, -0.1) is 0 Å². The van der Waals surface area contributed by atoms with Gasteiger partial charge in [-0.05, 0) is 18.2 Å². The smallest absolute Gasteiger partial charge is 0.134 e. The number of carbonyl (C=O) groups excluding carboxylic acids is 1. The van der Waals surface area contributed by atoms with Crippen molar-refractivity contribution in [3.63, 3.8) is 0 Å². The summed E-state index contributed by atoms with van der Waals surface area (Å²) in [4.78, 5) is 11.0.